The summed E-state index contributed by atoms with van der Waals surface area (Å²) in [5.74, 6) is 1.77. The second-order valence-electron chi connectivity index (χ2n) is 6.82. The number of rotatable bonds is 6. The van der Waals surface area contributed by atoms with Gasteiger partial charge in [-0.1, -0.05) is 56.9 Å². The van der Waals surface area contributed by atoms with Gasteiger partial charge in [-0.05, 0) is 48.6 Å². The Bertz CT molecular complexity index is 534. The first-order valence-corrected chi connectivity index (χ1v) is 8.96. The van der Waals surface area contributed by atoms with Crippen LogP contribution in [0.25, 0.3) is 11.1 Å². The summed E-state index contributed by atoms with van der Waals surface area (Å²) in [6.45, 7) is 2.30. The number of hydrogen-bond donors (Lipinski definition) is 1. The fourth-order valence-electron chi connectivity index (χ4n) is 3.82. The summed E-state index contributed by atoms with van der Waals surface area (Å²) in [6.07, 6.45) is 15.1. The van der Waals surface area contributed by atoms with Crippen molar-refractivity contribution in [2.24, 2.45) is 5.92 Å². The summed E-state index contributed by atoms with van der Waals surface area (Å²) in [7, 11) is 0. The van der Waals surface area contributed by atoms with Gasteiger partial charge in [-0.15, -0.1) is 0 Å². The van der Waals surface area contributed by atoms with Crippen molar-refractivity contribution in [3.05, 3.63) is 42.2 Å². The molecule has 0 unspecified atom stereocenters. The van der Waals surface area contributed by atoms with E-state index in [1.165, 1.54) is 68.1 Å². The molecule has 1 N–H and O–H groups in total. The van der Waals surface area contributed by atoms with Crippen molar-refractivity contribution < 1.29 is 0 Å². The molecule has 1 aliphatic carbocycles. The largest absolute Gasteiger partial charge is 0.285 e. The highest BCUT2D eigenvalue weighted by Gasteiger charge is 2.21. The Hall–Kier alpha value is -1.57. The van der Waals surface area contributed by atoms with Crippen molar-refractivity contribution in [2.75, 3.05) is 0 Å². The van der Waals surface area contributed by atoms with E-state index in [4.69, 9.17) is 0 Å². The standard InChI is InChI=1S/C20H28N2/c1-2-3-4-5-16-6-8-17(9-7-16)18-10-12-19(13-11-18)20-14-21-22-15-20/h10-17H,2-9H2,1H3,(H,21,22). The van der Waals surface area contributed by atoms with Crippen LogP contribution in [0.2, 0.25) is 0 Å². The van der Waals surface area contributed by atoms with Gasteiger partial charge < -0.3 is 0 Å². The summed E-state index contributed by atoms with van der Waals surface area (Å²) >= 11 is 0. The lowest BCUT2D eigenvalue weighted by Gasteiger charge is -2.29. The Morgan fingerprint density at radius 1 is 1.00 bits per heavy atom. The van der Waals surface area contributed by atoms with Crippen LogP contribution in [-0.2, 0) is 0 Å². The van der Waals surface area contributed by atoms with Crippen LogP contribution in [-0.4, -0.2) is 10.2 Å². The van der Waals surface area contributed by atoms with Gasteiger partial charge in [-0.2, -0.15) is 5.10 Å². The second kappa shape index (κ2) is 7.62. The van der Waals surface area contributed by atoms with Gasteiger partial charge in [0.1, 0.15) is 0 Å². The molecule has 22 heavy (non-hydrogen) atoms. The zero-order valence-electron chi connectivity index (χ0n) is 13.7. The molecule has 3 rings (SSSR count). The normalized spacial score (nSPS) is 21.9. The number of nitrogens with one attached hydrogen (secondary N) is 1. The van der Waals surface area contributed by atoms with Gasteiger partial charge in [0.15, 0.2) is 0 Å². The van der Waals surface area contributed by atoms with Crippen molar-refractivity contribution >= 4 is 0 Å². The predicted octanol–water partition coefficient (Wildman–Crippen LogP) is 5.93. The zero-order chi connectivity index (χ0) is 15.2. The lowest BCUT2D eigenvalue weighted by atomic mass is 9.77. The molecular weight excluding hydrogens is 268 g/mol. The smallest absolute Gasteiger partial charge is 0.0565 e. The molecular formula is C20H28N2. The molecule has 1 aromatic carbocycles. The minimum Gasteiger partial charge on any atom is -0.285 e. The summed E-state index contributed by atoms with van der Waals surface area (Å²) in [4.78, 5) is 0. The molecule has 0 bridgehead atoms. The van der Waals surface area contributed by atoms with E-state index in [1.54, 1.807) is 0 Å². The Morgan fingerprint density at radius 3 is 2.41 bits per heavy atom. The van der Waals surface area contributed by atoms with Crippen LogP contribution in [0.3, 0.4) is 0 Å². The van der Waals surface area contributed by atoms with Crippen molar-refractivity contribution in [3.8, 4) is 11.1 Å². The first-order chi connectivity index (χ1) is 10.9. The number of unbranched alkanes of at least 4 members (excludes halogenated alkanes) is 2. The summed E-state index contributed by atoms with van der Waals surface area (Å²) in [6, 6.07) is 9.13. The molecule has 0 aliphatic heterocycles. The maximum atomic E-state index is 4.02. The Morgan fingerprint density at radius 2 is 1.77 bits per heavy atom. The molecule has 2 nitrogen and oxygen atoms in total. The van der Waals surface area contributed by atoms with Gasteiger partial charge in [0.25, 0.3) is 0 Å². The molecule has 0 atom stereocenters. The highest BCUT2D eigenvalue weighted by molar-refractivity contribution is 5.61. The monoisotopic (exact) mass is 296 g/mol. The quantitative estimate of drug-likeness (QED) is 0.657. The molecule has 2 aromatic rings. The molecule has 2 heteroatoms. The van der Waals surface area contributed by atoms with E-state index in [1.807, 2.05) is 12.4 Å². The number of benzene rings is 1. The molecule has 0 spiro atoms. The number of aromatic amines is 1. The van der Waals surface area contributed by atoms with Crippen LogP contribution in [0, 0.1) is 5.92 Å². The SMILES string of the molecule is CCCCCC1CCC(c2ccc(-c3cn[nH]c3)cc2)CC1. The lowest BCUT2D eigenvalue weighted by molar-refractivity contribution is 0.303. The first kappa shape index (κ1) is 15.3. The summed E-state index contributed by atoms with van der Waals surface area (Å²) < 4.78 is 0. The first-order valence-electron chi connectivity index (χ1n) is 8.96. The number of hydrogen-bond acceptors (Lipinski definition) is 1. The molecule has 1 saturated carbocycles. The van der Waals surface area contributed by atoms with E-state index in [0.717, 1.165) is 11.8 Å². The van der Waals surface area contributed by atoms with E-state index >= 15 is 0 Å². The molecule has 118 valence electrons. The van der Waals surface area contributed by atoms with Crippen LogP contribution < -0.4 is 0 Å². The van der Waals surface area contributed by atoms with Gasteiger partial charge in [0.2, 0.25) is 0 Å². The van der Waals surface area contributed by atoms with Gasteiger partial charge >= 0.3 is 0 Å². The van der Waals surface area contributed by atoms with Gasteiger partial charge in [0, 0.05) is 11.8 Å². The molecule has 1 aliphatic rings. The third-order valence-electron chi connectivity index (χ3n) is 5.28. The average molecular weight is 296 g/mol. The Balaban J connectivity index is 1.53. The second-order valence-corrected chi connectivity index (χ2v) is 6.82. The van der Waals surface area contributed by atoms with Crippen molar-refractivity contribution in [2.45, 2.75) is 64.2 Å². The molecule has 1 aromatic heterocycles. The zero-order valence-corrected chi connectivity index (χ0v) is 13.7. The molecule has 0 radical (unpaired) electrons. The average Bonchev–Trinajstić information content (AvgIpc) is 3.11. The van der Waals surface area contributed by atoms with Gasteiger partial charge in [-0.3, -0.25) is 5.10 Å². The van der Waals surface area contributed by atoms with E-state index < -0.39 is 0 Å². The maximum absolute atomic E-state index is 4.02. The number of aromatic nitrogens is 2. The van der Waals surface area contributed by atoms with Crippen molar-refractivity contribution in [3.63, 3.8) is 0 Å². The fourth-order valence-corrected chi connectivity index (χ4v) is 3.82. The van der Waals surface area contributed by atoms with Crippen molar-refractivity contribution in [1.29, 1.82) is 0 Å². The topological polar surface area (TPSA) is 28.7 Å². The predicted molar refractivity (Wildman–Crippen MR) is 92.9 cm³/mol. The Kier molecular flexibility index (Phi) is 5.31. The maximum Gasteiger partial charge on any atom is 0.0565 e. The van der Waals surface area contributed by atoms with Crippen LogP contribution in [0.15, 0.2) is 36.7 Å². The third-order valence-corrected chi connectivity index (χ3v) is 5.28. The minimum absolute atomic E-state index is 0.779. The summed E-state index contributed by atoms with van der Waals surface area (Å²) in [5, 5.41) is 6.91. The Labute approximate surface area is 134 Å². The van der Waals surface area contributed by atoms with Crippen LogP contribution in [0.4, 0.5) is 0 Å². The van der Waals surface area contributed by atoms with E-state index in [0.29, 0.717) is 0 Å². The molecule has 0 saturated heterocycles. The van der Waals surface area contributed by atoms with Gasteiger partial charge in [0.05, 0.1) is 6.20 Å². The molecule has 1 fully saturated rings. The van der Waals surface area contributed by atoms with E-state index in [9.17, 15) is 0 Å². The lowest BCUT2D eigenvalue weighted by Crippen LogP contribution is -2.13. The minimum atomic E-state index is 0.779. The number of H-pyrrole nitrogens is 1. The summed E-state index contributed by atoms with van der Waals surface area (Å²) in [5.41, 5.74) is 3.95. The fraction of sp³-hybridized carbons (Fsp3) is 0.550. The van der Waals surface area contributed by atoms with Crippen molar-refractivity contribution in [1.82, 2.24) is 10.2 Å². The highest BCUT2D eigenvalue weighted by atomic mass is 15.1. The van der Waals surface area contributed by atoms with E-state index in [-0.39, 0.29) is 0 Å². The number of nitrogens with zero attached hydrogens (tertiary/aromatic N) is 1. The van der Waals surface area contributed by atoms with Crippen LogP contribution >= 0.6 is 0 Å². The molecule has 1 heterocycles. The van der Waals surface area contributed by atoms with Crippen LogP contribution in [0.5, 0.6) is 0 Å². The van der Waals surface area contributed by atoms with E-state index in [2.05, 4.69) is 41.4 Å². The van der Waals surface area contributed by atoms with Crippen LogP contribution in [0.1, 0.15) is 69.8 Å². The highest BCUT2D eigenvalue weighted by Crippen LogP contribution is 2.38. The molecule has 0 amide bonds. The van der Waals surface area contributed by atoms with Gasteiger partial charge in [-0.25, -0.2) is 0 Å². The third kappa shape index (κ3) is 3.79.